The van der Waals surface area contributed by atoms with E-state index in [2.05, 4.69) is 15.9 Å². The van der Waals surface area contributed by atoms with Gasteiger partial charge in [0.1, 0.15) is 12.4 Å². The zero-order chi connectivity index (χ0) is 12.1. The van der Waals surface area contributed by atoms with E-state index in [0.29, 0.717) is 23.1 Å². The second-order valence-corrected chi connectivity index (χ2v) is 4.85. The highest BCUT2D eigenvalue weighted by atomic mass is 79.9. The lowest BCUT2D eigenvalue weighted by Gasteiger charge is -2.13. The second kappa shape index (κ2) is 6.37. The van der Waals surface area contributed by atoms with Crippen molar-refractivity contribution in [3.63, 3.8) is 0 Å². The summed E-state index contributed by atoms with van der Waals surface area (Å²) in [6.45, 7) is 0.344. The molecular weight excluding hydrogens is 316 g/mol. The summed E-state index contributed by atoms with van der Waals surface area (Å²) in [6, 6.07) is 3.21. The van der Waals surface area contributed by atoms with Crippen molar-refractivity contribution in [3.8, 4) is 5.75 Å². The third-order valence-electron chi connectivity index (χ3n) is 1.82. The number of hydrogen-bond acceptors (Lipinski definition) is 3. The van der Waals surface area contributed by atoms with Gasteiger partial charge in [-0.05, 0) is 34.3 Å². The lowest BCUT2D eigenvalue weighted by molar-refractivity contribution is 0.0692. The molecule has 16 heavy (non-hydrogen) atoms. The van der Waals surface area contributed by atoms with E-state index in [0.717, 1.165) is 4.47 Å². The maximum atomic E-state index is 11.0. The minimum Gasteiger partial charge on any atom is -0.490 e. The van der Waals surface area contributed by atoms with Gasteiger partial charge in [-0.2, -0.15) is 0 Å². The predicted octanol–water partition coefficient (Wildman–Crippen LogP) is 3.49. The van der Waals surface area contributed by atoms with Crippen LogP contribution in [0.2, 0.25) is 0 Å². The monoisotopic (exact) mass is 324 g/mol. The van der Waals surface area contributed by atoms with E-state index in [1.807, 2.05) is 6.26 Å². The Morgan fingerprint density at radius 3 is 2.81 bits per heavy atom. The van der Waals surface area contributed by atoms with Crippen molar-refractivity contribution in [1.29, 1.82) is 0 Å². The molecule has 6 heteroatoms. The topological polar surface area (TPSA) is 46.5 Å². The van der Waals surface area contributed by atoms with Crippen LogP contribution in [0, 0.1) is 0 Å². The molecule has 0 aliphatic heterocycles. The van der Waals surface area contributed by atoms with Gasteiger partial charge in [-0.1, -0.05) is 0 Å². The van der Waals surface area contributed by atoms with Gasteiger partial charge in [-0.3, -0.25) is 0 Å². The molecule has 0 aromatic heterocycles. The average molecular weight is 326 g/mol. The molecule has 0 saturated carbocycles. The molecule has 0 amide bonds. The van der Waals surface area contributed by atoms with Crippen molar-refractivity contribution < 1.29 is 14.6 Å². The predicted molar refractivity (Wildman–Crippen MR) is 69.1 cm³/mol. The highest BCUT2D eigenvalue weighted by molar-refractivity contribution is 9.10. The molecule has 88 valence electrons. The van der Waals surface area contributed by atoms with Crippen LogP contribution in [0.1, 0.15) is 10.4 Å². The van der Waals surface area contributed by atoms with E-state index >= 15 is 0 Å². The van der Waals surface area contributed by atoms with Gasteiger partial charge in [0, 0.05) is 0 Å². The fraction of sp³-hybridized carbons (Fsp3) is 0.300. The maximum Gasteiger partial charge on any atom is 0.336 e. The fourth-order valence-electron chi connectivity index (χ4n) is 1.18. The number of carbonyl (C=O) groups is 1. The summed E-state index contributed by atoms with van der Waals surface area (Å²) in [7, 11) is 0. The summed E-state index contributed by atoms with van der Waals surface area (Å²) in [5.41, 5.74) is 0.236. The van der Waals surface area contributed by atoms with Crippen LogP contribution >= 0.6 is 39.3 Å². The number of carboxylic acid groups (broad SMARTS) is 1. The highest BCUT2D eigenvalue weighted by Gasteiger charge is 2.17. The van der Waals surface area contributed by atoms with Crippen molar-refractivity contribution in [2.24, 2.45) is 0 Å². The van der Waals surface area contributed by atoms with E-state index in [-0.39, 0.29) is 5.56 Å². The summed E-state index contributed by atoms with van der Waals surface area (Å²) in [4.78, 5) is 11.6. The van der Waals surface area contributed by atoms with E-state index in [1.54, 1.807) is 12.1 Å². The standard InChI is InChI=1S/C10H10BrClO3S/c1-16-9-6(10(13)14)2-3-7(11)8(9)15-5-4-12/h2-3H,4-5H2,1H3,(H,13,14). The SMILES string of the molecule is CSc1c(C(=O)O)ccc(Br)c1OCCCl. The van der Waals surface area contributed by atoms with Gasteiger partial charge in [-0.25, -0.2) is 4.79 Å². The summed E-state index contributed by atoms with van der Waals surface area (Å²) in [6.07, 6.45) is 1.81. The molecule has 0 heterocycles. The molecule has 0 spiro atoms. The molecule has 0 saturated heterocycles. The summed E-state index contributed by atoms with van der Waals surface area (Å²) >= 11 is 10.2. The third-order valence-corrected chi connectivity index (χ3v) is 3.41. The molecule has 3 nitrogen and oxygen atoms in total. The molecular formula is C10H10BrClO3S. The van der Waals surface area contributed by atoms with Crippen LogP contribution in [-0.2, 0) is 0 Å². The summed E-state index contributed by atoms with van der Waals surface area (Å²) in [5.74, 6) is -0.0713. The third kappa shape index (κ3) is 3.06. The lowest BCUT2D eigenvalue weighted by atomic mass is 10.2. The van der Waals surface area contributed by atoms with Crippen molar-refractivity contribution in [2.45, 2.75) is 4.90 Å². The smallest absolute Gasteiger partial charge is 0.336 e. The number of carboxylic acids is 1. The quantitative estimate of drug-likeness (QED) is 0.665. The van der Waals surface area contributed by atoms with Gasteiger partial charge >= 0.3 is 5.97 Å². The van der Waals surface area contributed by atoms with E-state index in [1.165, 1.54) is 11.8 Å². The molecule has 1 aromatic carbocycles. The van der Waals surface area contributed by atoms with Gasteiger partial charge in [0.25, 0.3) is 0 Å². The Bertz CT molecular complexity index is 398. The number of halogens is 2. The number of rotatable bonds is 5. The first-order valence-corrected chi connectivity index (χ1v) is 6.95. The molecule has 0 radical (unpaired) electrons. The summed E-state index contributed by atoms with van der Waals surface area (Å²) < 4.78 is 6.16. The number of benzene rings is 1. The number of alkyl halides is 1. The second-order valence-electron chi connectivity index (χ2n) is 2.80. The maximum absolute atomic E-state index is 11.0. The highest BCUT2D eigenvalue weighted by Crippen LogP contribution is 2.37. The van der Waals surface area contributed by atoms with Gasteiger partial charge in [0.2, 0.25) is 0 Å². The van der Waals surface area contributed by atoms with Gasteiger partial charge in [0.05, 0.1) is 20.8 Å². The molecule has 0 fully saturated rings. The molecule has 0 unspecified atom stereocenters. The van der Waals surface area contributed by atoms with E-state index in [4.69, 9.17) is 21.4 Å². The first-order chi connectivity index (χ1) is 7.61. The fourth-order valence-corrected chi connectivity index (χ4v) is 2.57. The largest absolute Gasteiger partial charge is 0.490 e. The van der Waals surface area contributed by atoms with Gasteiger partial charge in [-0.15, -0.1) is 23.4 Å². The van der Waals surface area contributed by atoms with Crippen molar-refractivity contribution in [1.82, 2.24) is 0 Å². The molecule has 1 rings (SSSR count). The van der Waals surface area contributed by atoms with Crippen LogP contribution in [0.5, 0.6) is 5.75 Å². The van der Waals surface area contributed by atoms with Crippen molar-refractivity contribution in [3.05, 3.63) is 22.2 Å². The van der Waals surface area contributed by atoms with E-state index < -0.39 is 5.97 Å². The van der Waals surface area contributed by atoms with Crippen LogP contribution < -0.4 is 4.74 Å². The first kappa shape index (κ1) is 13.7. The Morgan fingerprint density at radius 2 is 2.31 bits per heavy atom. The Hall–Kier alpha value is -0.390. The average Bonchev–Trinajstić information content (AvgIpc) is 2.26. The van der Waals surface area contributed by atoms with Crippen LogP contribution in [-0.4, -0.2) is 29.8 Å². The Kier molecular flexibility index (Phi) is 5.44. The lowest BCUT2D eigenvalue weighted by Crippen LogP contribution is -2.05. The van der Waals surface area contributed by atoms with Crippen molar-refractivity contribution in [2.75, 3.05) is 18.7 Å². The number of aromatic carboxylic acids is 1. The zero-order valence-corrected chi connectivity index (χ0v) is 11.7. The number of hydrogen-bond donors (Lipinski definition) is 1. The molecule has 0 atom stereocenters. The Morgan fingerprint density at radius 1 is 1.62 bits per heavy atom. The van der Waals surface area contributed by atoms with Crippen LogP contribution in [0.15, 0.2) is 21.5 Å². The van der Waals surface area contributed by atoms with Crippen LogP contribution in [0.4, 0.5) is 0 Å². The molecule has 1 aromatic rings. The molecule has 1 N–H and O–H groups in total. The zero-order valence-electron chi connectivity index (χ0n) is 8.50. The number of thioether (sulfide) groups is 1. The molecule has 0 aliphatic rings. The van der Waals surface area contributed by atoms with Crippen LogP contribution in [0.25, 0.3) is 0 Å². The van der Waals surface area contributed by atoms with E-state index in [9.17, 15) is 4.79 Å². The van der Waals surface area contributed by atoms with Gasteiger partial charge in [0.15, 0.2) is 0 Å². The Balaban J connectivity index is 3.21. The van der Waals surface area contributed by atoms with Crippen LogP contribution in [0.3, 0.4) is 0 Å². The first-order valence-electron chi connectivity index (χ1n) is 4.40. The Labute approximate surface area is 111 Å². The molecule has 0 aliphatic carbocycles. The minimum absolute atomic E-state index is 0.236. The van der Waals surface area contributed by atoms with Gasteiger partial charge < -0.3 is 9.84 Å². The molecule has 0 bridgehead atoms. The minimum atomic E-state index is -0.965. The summed E-state index contributed by atoms with van der Waals surface area (Å²) in [5, 5.41) is 9.03. The number of ether oxygens (including phenoxy) is 1. The van der Waals surface area contributed by atoms with Crippen molar-refractivity contribution >= 4 is 45.3 Å². The normalized spacial score (nSPS) is 10.2.